The summed E-state index contributed by atoms with van der Waals surface area (Å²) in [5, 5.41) is 7.23. The predicted molar refractivity (Wildman–Crippen MR) is 116 cm³/mol. The molecular weight excluding hydrogens is 344 g/mol. The molecule has 3 heterocycles. The van der Waals surface area contributed by atoms with Gasteiger partial charge in [-0.25, -0.2) is 4.98 Å². The number of hydrogen-bond acceptors (Lipinski definition) is 3. The van der Waals surface area contributed by atoms with E-state index in [1.54, 1.807) is 0 Å². The Kier molecular flexibility index (Phi) is 4.81. The Morgan fingerprint density at radius 3 is 2.82 bits per heavy atom. The minimum Gasteiger partial charge on any atom is -0.382 e. The van der Waals surface area contributed by atoms with Crippen LogP contribution in [0.15, 0.2) is 42.5 Å². The lowest BCUT2D eigenvalue weighted by molar-refractivity contribution is 0.337. The van der Waals surface area contributed by atoms with E-state index in [1.165, 1.54) is 52.9 Å². The summed E-state index contributed by atoms with van der Waals surface area (Å²) in [5.41, 5.74) is 6.55. The molecule has 28 heavy (non-hydrogen) atoms. The number of fused-ring (bicyclic) bond motifs is 3. The second-order valence-corrected chi connectivity index (χ2v) is 8.56. The Morgan fingerprint density at radius 1 is 1.11 bits per heavy atom. The Balaban J connectivity index is 1.57. The van der Waals surface area contributed by atoms with Gasteiger partial charge in [0, 0.05) is 30.3 Å². The third-order valence-electron chi connectivity index (χ3n) is 6.38. The molecule has 3 aromatic rings. The van der Waals surface area contributed by atoms with Crippen LogP contribution in [0.2, 0.25) is 0 Å². The fraction of sp³-hybridized carbons (Fsp3) is 0.458. The van der Waals surface area contributed by atoms with Crippen molar-refractivity contribution in [1.29, 1.82) is 0 Å². The van der Waals surface area contributed by atoms with Gasteiger partial charge in [0.1, 0.15) is 5.82 Å². The largest absolute Gasteiger partial charge is 0.382 e. The van der Waals surface area contributed by atoms with Gasteiger partial charge in [-0.2, -0.15) is 0 Å². The van der Waals surface area contributed by atoms with Crippen LogP contribution in [-0.4, -0.2) is 28.7 Å². The zero-order valence-electron chi connectivity index (χ0n) is 16.7. The minimum atomic E-state index is 0.545. The first kappa shape index (κ1) is 17.7. The SMILES string of the molecule is C[C@H]1CCc2c(ccc3c2nc(Cc2ccccc2)n3C[C@@H]2CCCNC2)N1. The molecule has 0 radical (unpaired) electrons. The van der Waals surface area contributed by atoms with Crippen molar-refractivity contribution < 1.29 is 0 Å². The monoisotopic (exact) mass is 374 g/mol. The topological polar surface area (TPSA) is 41.9 Å². The van der Waals surface area contributed by atoms with Gasteiger partial charge in [0.15, 0.2) is 0 Å². The molecule has 2 aliphatic heterocycles. The van der Waals surface area contributed by atoms with Gasteiger partial charge in [-0.1, -0.05) is 30.3 Å². The molecule has 146 valence electrons. The van der Waals surface area contributed by atoms with Gasteiger partial charge in [0.25, 0.3) is 0 Å². The van der Waals surface area contributed by atoms with Gasteiger partial charge in [-0.3, -0.25) is 0 Å². The van der Waals surface area contributed by atoms with Crippen LogP contribution in [0, 0.1) is 5.92 Å². The van der Waals surface area contributed by atoms with Gasteiger partial charge >= 0.3 is 0 Å². The Hall–Kier alpha value is -2.33. The molecular formula is C24H30N4. The highest BCUT2D eigenvalue weighted by Gasteiger charge is 2.23. The number of piperidine rings is 1. The molecule has 2 aliphatic rings. The molecule has 4 heteroatoms. The lowest BCUT2D eigenvalue weighted by Crippen LogP contribution is -2.32. The molecule has 0 amide bonds. The maximum absolute atomic E-state index is 5.21. The molecule has 1 saturated heterocycles. The molecule has 0 bridgehead atoms. The average Bonchev–Trinajstić information content (AvgIpc) is 3.06. The van der Waals surface area contributed by atoms with Gasteiger partial charge < -0.3 is 15.2 Å². The number of hydrogen-bond donors (Lipinski definition) is 2. The minimum absolute atomic E-state index is 0.545. The zero-order valence-corrected chi connectivity index (χ0v) is 16.7. The van der Waals surface area contributed by atoms with Crippen LogP contribution in [0.1, 0.15) is 43.1 Å². The summed E-state index contributed by atoms with van der Waals surface area (Å²) >= 11 is 0. The number of imidazole rings is 1. The van der Waals surface area contributed by atoms with Crippen LogP contribution in [0.3, 0.4) is 0 Å². The summed E-state index contributed by atoms with van der Waals surface area (Å²) in [6, 6.07) is 15.9. The van der Waals surface area contributed by atoms with E-state index in [2.05, 4.69) is 64.6 Å². The van der Waals surface area contributed by atoms with Crippen LogP contribution in [0.5, 0.6) is 0 Å². The predicted octanol–water partition coefficient (Wildman–Crippen LogP) is 4.37. The van der Waals surface area contributed by atoms with Gasteiger partial charge in [0.05, 0.1) is 11.0 Å². The maximum atomic E-state index is 5.21. The van der Waals surface area contributed by atoms with Crippen LogP contribution in [0.25, 0.3) is 11.0 Å². The van der Waals surface area contributed by atoms with Crippen LogP contribution in [-0.2, 0) is 19.4 Å². The smallest absolute Gasteiger partial charge is 0.114 e. The molecule has 2 N–H and O–H groups in total. The number of aromatic nitrogens is 2. The zero-order chi connectivity index (χ0) is 18.9. The Morgan fingerprint density at radius 2 is 2.00 bits per heavy atom. The number of nitrogens with one attached hydrogen (secondary N) is 2. The summed E-state index contributed by atoms with van der Waals surface area (Å²) in [6.45, 7) is 5.61. The lowest BCUT2D eigenvalue weighted by atomic mass is 9.97. The van der Waals surface area contributed by atoms with Gasteiger partial charge in [0.2, 0.25) is 0 Å². The Bertz CT molecular complexity index is 954. The third kappa shape index (κ3) is 3.42. The van der Waals surface area contributed by atoms with Gasteiger partial charge in [-0.05, 0) is 69.3 Å². The number of benzene rings is 2. The second-order valence-electron chi connectivity index (χ2n) is 8.56. The summed E-state index contributed by atoms with van der Waals surface area (Å²) in [5.74, 6) is 1.90. The molecule has 0 spiro atoms. The van der Waals surface area contributed by atoms with E-state index in [0.29, 0.717) is 12.0 Å². The molecule has 1 aromatic heterocycles. The molecule has 4 nitrogen and oxygen atoms in total. The number of nitrogens with zero attached hydrogens (tertiary/aromatic N) is 2. The van der Waals surface area contributed by atoms with Crippen LogP contribution < -0.4 is 10.6 Å². The van der Waals surface area contributed by atoms with Crippen molar-refractivity contribution in [3.05, 3.63) is 59.4 Å². The molecule has 0 saturated carbocycles. The van der Waals surface area contributed by atoms with Crippen molar-refractivity contribution >= 4 is 16.7 Å². The summed E-state index contributed by atoms with van der Waals surface area (Å²) in [7, 11) is 0. The quantitative estimate of drug-likeness (QED) is 0.712. The third-order valence-corrected chi connectivity index (χ3v) is 6.38. The number of aryl methyl sites for hydroxylation is 1. The van der Waals surface area contributed by atoms with Crippen molar-refractivity contribution in [3.8, 4) is 0 Å². The fourth-order valence-corrected chi connectivity index (χ4v) is 4.84. The fourth-order valence-electron chi connectivity index (χ4n) is 4.84. The number of anilines is 1. The van der Waals surface area contributed by atoms with E-state index >= 15 is 0 Å². The highest BCUT2D eigenvalue weighted by molar-refractivity contribution is 5.86. The normalized spacial score (nSPS) is 22.0. The molecule has 1 fully saturated rings. The molecule has 0 aliphatic carbocycles. The van der Waals surface area contributed by atoms with E-state index in [4.69, 9.17) is 4.98 Å². The first-order chi connectivity index (χ1) is 13.8. The summed E-state index contributed by atoms with van der Waals surface area (Å²) < 4.78 is 2.51. The van der Waals surface area contributed by atoms with Crippen LogP contribution >= 0.6 is 0 Å². The molecule has 2 aromatic carbocycles. The van der Waals surface area contributed by atoms with Crippen molar-refractivity contribution in [2.75, 3.05) is 18.4 Å². The Labute approximate surface area is 167 Å². The average molecular weight is 375 g/mol. The molecule has 2 atom stereocenters. The van der Waals surface area contributed by atoms with E-state index < -0.39 is 0 Å². The van der Waals surface area contributed by atoms with Crippen molar-refractivity contribution in [2.24, 2.45) is 5.92 Å². The van der Waals surface area contributed by atoms with E-state index in [0.717, 1.165) is 32.5 Å². The first-order valence-corrected chi connectivity index (χ1v) is 10.8. The van der Waals surface area contributed by atoms with E-state index in [9.17, 15) is 0 Å². The van der Waals surface area contributed by atoms with Crippen LogP contribution in [0.4, 0.5) is 5.69 Å². The second kappa shape index (κ2) is 7.59. The lowest BCUT2D eigenvalue weighted by Gasteiger charge is -2.25. The van der Waals surface area contributed by atoms with Gasteiger partial charge in [-0.15, -0.1) is 0 Å². The van der Waals surface area contributed by atoms with Crippen molar-refractivity contribution in [2.45, 2.75) is 51.6 Å². The standard InChI is InChI=1S/C24H30N4/c1-17-9-10-20-21(26-17)11-12-22-24(20)27-23(14-18-6-3-2-4-7-18)28(22)16-19-8-5-13-25-15-19/h2-4,6-7,11-12,17,19,25-26H,5,8-10,13-16H2,1H3/t17-,19+/m0/s1. The summed E-state index contributed by atoms with van der Waals surface area (Å²) in [4.78, 5) is 5.21. The first-order valence-electron chi connectivity index (χ1n) is 10.8. The number of rotatable bonds is 4. The highest BCUT2D eigenvalue weighted by atomic mass is 15.1. The molecule has 5 rings (SSSR count). The maximum Gasteiger partial charge on any atom is 0.114 e. The van der Waals surface area contributed by atoms with Crippen molar-refractivity contribution in [3.63, 3.8) is 0 Å². The van der Waals surface area contributed by atoms with Crippen molar-refractivity contribution in [1.82, 2.24) is 14.9 Å². The van der Waals surface area contributed by atoms with E-state index in [-0.39, 0.29) is 0 Å². The molecule has 0 unspecified atom stereocenters. The highest BCUT2D eigenvalue weighted by Crippen LogP contribution is 2.33. The van der Waals surface area contributed by atoms with E-state index in [1.807, 2.05) is 0 Å². The summed E-state index contributed by atoms with van der Waals surface area (Å²) in [6.07, 6.45) is 5.78.